The normalized spacial score (nSPS) is 13.7. The molecule has 4 nitrogen and oxygen atoms in total. The lowest BCUT2D eigenvalue weighted by molar-refractivity contribution is -0.140. The molecule has 0 heterocycles. The summed E-state index contributed by atoms with van der Waals surface area (Å²) in [5.74, 6) is -1.48. The fraction of sp³-hybridized carbons (Fsp3) is 0.429. The maximum absolute atomic E-state index is 12.2. The minimum atomic E-state index is -1.00. The average molecular weight is 328 g/mol. The summed E-state index contributed by atoms with van der Waals surface area (Å²) in [6.07, 6.45) is 0.689. The number of benzene rings is 1. The van der Waals surface area contributed by atoms with E-state index in [0.717, 1.165) is 10.0 Å². The third kappa shape index (κ3) is 4.06. The molecule has 0 radical (unpaired) electrons. The maximum Gasteiger partial charge on any atom is 0.326 e. The van der Waals surface area contributed by atoms with Crippen molar-refractivity contribution in [3.63, 3.8) is 0 Å². The zero-order valence-corrected chi connectivity index (χ0v) is 12.8. The predicted octanol–water partition coefficient (Wildman–Crippen LogP) is 2.99. The topological polar surface area (TPSA) is 66.4 Å². The van der Waals surface area contributed by atoms with Crippen LogP contribution in [-0.4, -0.2) is 23.0 Å². The van der Waals surface area contributed by atoms with Crippen molar-refractivity contribution in [3.8, 4) is 0 Å². The molecule has 1 aromatic rings. The van der Waals surface area contributed by atoms with Crippen LogP contribution >= 0.6 is 15.9 Å². The summed E-state index contributed by atoms with van der Waals surface area (Å²) in [6.45, 7) is 5.53. The molecule has 0 aliphatic heterocycles. The molecule has 0 fully saturated rings. The van der Waals surface area contributed by atoms with Gasteiger partial charge >= 0.3 is 5.97 Å². The molecule has 1 unspecified atom stereocenters. The zero-order valence-electron chi connectivity index (χ0n) is 11.2. The number of carboxylic acid groups (broad SMARTS) is 1. The molecule has 5 heteroatoms. The van der Waals surface area contributed by atoms with Gasteiger partial charge in [-0.05, 0) is 30.5 Å². The van der Waals surface area contributed by atoms with Crippen molar-refractivity contribution in [2.75, 3.05) is 0 Å². The highest BCUT2D eigenvalue weighted by Gasteiger charge is 2.26. The Bertz CT molecular complexity index is 488. The molecule has 2 N–H and O–H groups in total. The first kappa shape index (κ1) is 15.7. The molecule has 0 bridgehead atoms. The van der Waals surface area contributed by atoms with Crippen LogP contribution in [0.3, 0.4) is 0 Å². The predicted molar refractivity (Wildman–Crippen MR) is 77.2 cm³/mol. The van der Waals surface area contributed by atoms with Crippen LogP contribution in [0.15, 0.2) is 22.7 Å². The third-order valence-corrected chi connectivity index (χ3v) is 3.70. The van der Waals surface area contributed by atoms with Crippen LogP contribution < -0.4 is 5.32 Å². The van der Waals surface area contributed by atoms with E-state index in [2.05, 4.69) is 21.2 Å². The monoisotopic (exact) mass is 327 g/mol. The number of rotatable bonds is 5. The Hall–Kier alpha value is -1.36. The molecule has 0 aliphatic rings. The van der Waals surface area contributed by atoms with Gasteiger partial charge in [-0.15, -0.1) is 0 Å². The smallest absolute Gasteiger partial charge is 0.326 e. The highest BCUT2D eigenvalue weighted by Crippen LogP contribution is 2.17. The van der Waals surface area contributed by atoms with Crippen LogP contribution in [-0.2, 0) is 4.79 Å². The molecule has 0 aliphatic carbocycles. The van der Waals surface area contributed by atoms with Crippen molar-refractivity contribution < 1.29 is 14.7 Å². The Balaban J connectivity index is 2.94. The molecule has 0 aromatic heterocycles. The third-order valence-electron chi connectivity index (χ3n) is 3.21. The minimum absolute atomic E-state index is 0.117. The highest BCUT2D eigenvalue weighted by molar-refractivity contribution is 9.10. The van der Waals surface area contributed by atoms with Gasteiger partial charge in [-0.25, -0.2) is 4.79 Å². The van der Waals surface area contributed by atoms with Crippen LogP contribution in [0, 0.1) is 12.8 Å². The summed E-state index contributed by atoms with van der Waals surface area (Å²) in [7, 11) is 0. The number of hydrogen-bond acceptors (Lipinski definition) is 2. The van der Waals surface area contributed by atoms with E-state index in [4.69, 9.17) is 0 Å². The lowest BCUT2D eigenvalue weighted by Crippen LogP contribution is -2.45. The van der Waals surface area contributed by atoms with E-state index in [1.54, 1.807) is 6.07 Å². The van der Waals surface area contributed by atoms with Crippen molar-refractivity contribution in [2.45, 2.75) is 33.2 Å². The zero-order chi connectivity index (χ0) is 14.6. The van der Waals surface area contributed by atoms with Gasteiger partial charge in [0.05, 0.1) is 0 Å². The number of carboxylic acids is 1. The van der Waals surface area contributed by atoms with Crippen molar-refractivity contribution in [1.82, 2.24) is 5.32 Å². The van der Waals surface area contributed by atoms with Gasteiger partial charge in [-0.2, -0.15) is 0 Å². The summed E-state index contributed by atoms with van der Waals surface area (Å²) in [5.41, 5.74) is 1.30. The van der Waals surface area contributed by atoms with Gasteiger partial charge in [0.2, 0.25) is 0 Å². The number of hydrogen-bond donors (Lipinski definition) is 2. The lowest BCUT2D eigenvalue weighted by Gasteiger charge is -2.20. The molecule has 0 saturated heterocycles. The molecule has 1 aromatic carbocycles. The summed E-state index contributed by atoms with van der Waals surface area (Å²) in [6, 6.07) is 4.49. The van der Waals surface area contributed by atoms with Crippen LogP contribution in [0.25, 0.3) is 0 Å². The van der Waals surface area contributed by atoms with Crippen molar-refractivity contribution >= 4 is 27.8 Å². The highest BCUT2D eigenvalue weighted by atomic mass is 79.9. The van der Waals surface area contributed by atoms with Gasteiger partial charge in [-0.3, -0.25) is 4.79 Å². The SMILES string of the molecule is CCC(C)[C@H](NC(=O)c1cc(Br)ccc1C)C(=O)O. The maximum atomic E-state index is 12.2. The lowest BCUT2D eigenvalue weighted by atomic mass is 9.98. The number of carbonyl (C=O) groups is 2. The van der Waals surface area contributed by atoms with Gasteiger partial charge in [0.25, 0.3) is 5.91 Å². The summed E-state index contributed by atoms with van der Waals surface area (Å²) in [5, 5.41) is 11.8. The molecular formula is C14H18BrNO3. The van der Waals surface area contributed by atoms with Gasteiger partial charge in [0, 0.05) is 10.0 Å². The van der Waals surface area contributed by atoms with E-state index in [1.807, 2.05) is 32.9 Å². The van der Waals surface area contributed by atoms with E-state index >= 15 is 0 Å². The number of aliphatic carboxylic acids is 1. The number of amides is 1. The first-order valence-electron chi connectivity index (χ1n) is 6.16. The number of carbonyl (C=O) groups excluding carboxylic acids is 1. The number of aryl methyl sites for hydroxylation is 1. The Morgan fingerprint density at radius 3 is 2.58 bits per heavy atom. The molecule has 1 rings (SSSR count). The molecule has 0 saturated carbocycles. The van der Waals surface area contributed by atoms with Crippen LogP contribution in [0.2, 0.25) is 0 Å². The summed E-state index contributed by atoms with van der Waals surface area (Å²) < 4.78 is 0.790. The Morgan fingerprint density at radius 2 is 2.05 bits per heavy atom. The molecule has 19 heavy (non-hydrogen) atoms. The molecule has 2 atom stereocenters. The van der Waals surface area contributed by atoms with Crippen LogP contribution in [0.5, 0.6) is 0 Å². The van der Waals surface area contributed by atoms with Gasteiger partial charge in [-0.1, -0.05) is 42.3 Å². The molecular weight excluding hydrogens is 310 g/mol. The largest absolute Gasteiger partial charge is 0.480 e. The van der Waals surface area contributed by atoms with Crippen LogP contribution in [0.4, 0.5) is 0 Å². The summed E-state index contributed by atoms with van der Waals surface area (Å²) >= 11 is 3.31. The number of halogens is 1. The Kier molecular flexibility index (Phi) is 5.54. The Morgan fingerprint density at radius 1 is 1.42 bits per heavy atom. The second kappa shape index (κ2) is 6.70. The van der Waals surface area contributed by atoms with E-state index < -0.39 is 12.0 Å². The molecule has 104 valence electrons. The minimum Gasteiger partial charge on any atom is -0.480 e. The fourth-order valence-electron chi connectivity index (χ4n) is 1.74. The van der Waals surface area contributed by atoms with Gasteiger partial charge in [0.1, 0.15) is 6.04 Å². The average Bonchev–Trinajstić information content (AvgIpc) is 2.37. The van der Waals surface area contributed by atoms with Crippen LogP contribution in [0.1, 0.15) is 36.2 Å². The van der Waals surface area contributed by atoms with E-state index in [1.165, 1.54) is 0 Å². The molecule has 0 spiro atoms. The van der Waals surface area contributed by atoms with Crippen molar-refractivity contribution in [1.29, 1.82) is 0 Å². The second-order valence-corrected chi connectivity index (χ2v) is 5.55. The van der Waals surface area contributed by atoms with Crippen molar-refractivity contribution in [3.05, 3.63) is 33.8 Å². The van der Waals surface area contributed by atoms with E-state index in [0.29, 0.717) is 12.0 Å². The fourth-order valence-corrected chi connectivity index (χ4v) is 2.10. The molecule has 1 amide bonds. The standard InChI is InChI=1S/C14H18BrNO3/c1-4-8(2)12(14(18)19)16-13(17)11-7-10(15)6-5-9(11)3/h5-8,12H,4H2,1-3H3,(H,16,17)(H,18,19)/t8?,12-/m0/s1. The van der Waals surface area contributed by atoms with Crippen molar-refractivity contribution in [2.24, 2.45) is 5.92 Å². The van der Waals surface area contributed by atoms with Gasteiger partial charge < -0.3 is 10.4 Å². The quantitative estimate of drug-likeness (QED) is 0.873. The second-order valence-electron chi connectivity index (χ2n) is 4.63. The van der Waals surface area contributed by atoms with E-state index in [-0.39, 0.29) is 11.8 Å². The van der Waals surface area contributed by atoms with Gasteiger partial charge in [0.15, 0.2) is 0 Å². The first-order chi connectivity index (χ1) is 8.86. The Labute approximate surface area is 121 Å². The number of nitrogens with one attached hydrogen (secondary N) is 1. The van der Waals surface area contributed by atoms with E-state index in [9.17, 15) is 14.7 Å². The first-order valence-corrected chi connectivity index (χ1v) is 6.96. The summed E-state index contributed by atoms with van der Waals surface area (Å²) in [4.78, 5) is 23.4.